The molecule has 0 aliphatic rings. The van der Waals surface area contributed by atoms with Gasteiger partial charge in [-0.1, -0.05) is 0 Å². The van der Waals surface area contributed by atoms with Crippen molar-refractivity contribution in [2.75, 3.05) is 14.2 Å². The van der Waals surface area contributed by atoms with Gasteiger partial charge in [-0.05, 0) is 6.92 Å². The molecule has 0 aliphatic carbocycles. The number of rotatable bonds is 4. The molecular formula is C6H14O4. The number of aliphatic hydroxyl groups excluding tert-OH is 1. The SMILES string of the molecule is COC(O)(C[C@H](C)O)OC. The summed E-state index contributed by atoms with van der Waals surface area (Å²) in [4.78, 5) is 0. The van der Waals surface area contributed by atoms with Gasteiger partial charge >= 0.3 is 0 Å². The highest BCUT2D eigenvalue weighted by Crippen LogP contribution is 2.13. The van der Waals surface area contributed by atoms with E-state index in [2.05, 4.69) is 9.47 Å². The standard InChI is InChI=1S/C6H14O4/c1-5(7)4-6(8,9-2)10-3/h5,7-8H,4H2,1-3H3/t5-/m0/s1. The van der Waals surface area contributed by atoms with Crippen molar-refractivity contribution in [2.24, 2.45) is 0 Å². The first kappa shape index (κ1) is 9.84. The molecule has 62 valence electrons. The van der Waals surface area contributed by atoms with E-state index >= 15 is 0 Å². The average Bonchev–Trinajstić information content (AvgIpc) is 1.87. The van der Waals surface area contributed by atoms with Crippen molar-refractivity contribution in [3.05, 3.63) is 0 Å². The fourth-order valence-corrected chi connectivity index (χ4v) is 0.623. The Balaban J connectivity index is 3.80. The summed E-state index contributed by atoms with van der Waals surface area (Å²) in [5, 5.41) is 18.0. The Labute approximate surface area is 60.4 Å². The zero-order valence-corrected chi connectivity index (χ0v) is 6.50. The Bertz CT molecular complexity index is 87.7. The minimum atomic E-state index is -1.64. The maximum Gasteiger partial charge on any atom is 0.282 e. The quantitative estimate of drug-likeness (QED) is 0.540. The van der Waals surface area contributed by atoms with Crippen LogP contribution in [-0.2, 0) is 9.47 Å². The summed E-state index contributed by atoms with van der Waals surface area (Å²) in [6.07, 6.45) is -0.607. The summed E-state index contributed by atoms with van der Waals surface area (Å²) >= 11 is 0. The minimum Gasteiger partial charge on any atom is -0.393 e. The molecule has 0 aromatic carbocycles. The third kappa shape index (κ3) is 3.12. The molecule has 0 fully saturated rings. The van der Waals surface area contributed by atoms with Gasteiger partial charge in [0.1, 0.15) is 0 Å². The van der Waals surface area contributed by atoms with Crippen LogP contribution >= 0.6 is 0 Å². The monoisotopic (exact) mass is 150 g/mol. The Kier molecular flexibility index (Phi) is 3.81. The normalized spacial score (nSPS) is 15.3. The van der Waals surface area contributed by atoms with E-state index in [0.29, 0.717) is 0 Å². The van der Waals surface area contributed by atoms with Crippen molar-refractivity contribution in [2.45, 2.75) is 25.4 Å². The Morgan fingerprint density at radius 1 is 1.40 bits per heavy atom. The van der Waals surface area contributed by atoms with E-state index in [1.165, 1.54) is 14.2 Å². The lowest BCUT2D eigenvalue weighted by Gasteiger charge is -2.24. The number of hydrogen-bond donors (Lipinski definition) is 2. The Morgan fingerprint density at radius 2 is 1.80 bits per heavy atom. The highest BCUT2D eigenvalue weighted by atomic mass is 16.8. The van der Waals surface area contributed by atoms with Gasteiger partial charge in [0.2, 0.25) is 0 Å². The van der Waals surface area contributed by atoms with Gasteiger partial charge in [-0.15, -0.1) is 0 Å². The number of hydrogen-bond acceptors (Lipinski definition) is 4. The van der Waals surface area contributed by atoms with E-state index < -0.39 is 12.1 Å². The first-order valence-electron chi connectivity index (χ1n) is 3.05. The van der Waals surface area contributed by atoms with Crippen LogP contribution in [0.25, 0.3) is 0 Å². The molecule has 0 aromatic heterocycles. The molecule has 0 aliphatic heterocycles. The van der Waals surface area contributed by atoms with Crippen molar-refractivity contribution in [3.8, 4) is 0 Å². The molecule has 0 unspecified atom stereocenters. The molecule has 0 spiro atoms. The van der Waals surface area contributed by atoms with Crippen molar-refractivity contribution in [1.29, 1.82) is 0 Å². The second-order valence-electron chi connectivity index (χ2n) is 2.17. The van der Waals surface area contributed by atoms with E-state index in [-0.39, 0.29) is 6.42 Å². The van der Waals surface area contributed by atoms with Gasteiger partial charge in [0.15, 0.2) is 0 Å². The third-order valence-electron chi connectivity index (χ3n) is 1.19. The zero-order chi connectivity index (χ0) is 8.20. The minimum absolute atomic E-state index is 0.0417. The first-order chi connectivity index (χ1) is 4.54. The van der Waals surface area contributed by atoms with Crippen molar-refractivity contribution in [1.82, 2.24) is 0 Å². The lowest BCUT2D eigenvalue weighted by atomic mass is 10.2. The predicted octanol–water partition coefficient (Wildman–Crippen LogP) is -0.304. The van der Waals surface area contributed by atoms with Crippen molar-refractivity contribution >= 4 is 0 Å². The van der Waals surface area contributed by atoms with Gasteiger partial charge in [0.25, 0.3) is 5.97 Å². The second-order valence-corrected chi connectivity index (χ2v) is 2.17. The Morgan fingerprint density at radius 3 is 1.90 bits per heavy atom. The summed E-state index contributed by atoms with van der Waals surface area (Å²) in [7, 11) is 2.62. The van der Waals surface area contributed by atoms with Gasteiger partial charge in [-0.25, -0.2) is 0 Å². The summed E-state index contributed by atoms with van der Waals surface area (Å²) in [5.41, 5.74) is 0. The lowest BCUT2D eigenvalue weighted by molar-refractivity contribution is -0.348. The number of ether oxygens (including phenoxy) is 2. The molecule has 2 N–H and O–H groups in total. The highest BCUT2D eigenvalue weighted by Gasteiger charge is 2.27. The van der Waals surface area contributed by atoms with Crippen LogP contribution in [0.5, 0.6) is 0 Å². The van der Waals surface area contributed by atoms with E-state index in [1.807, 2.05) is 0 Å². The van der Waals surface area contributed by atoms with Crippen LogP contribution in [0.15, 0.2) is 0 Å². The molecule has 0 heterocycles. The summed E-state index contributed by atoms with van der Waals surface area (Å²) in [5.74, 6) is -1.64. The fraction of sp³-hybridized carbons (Fsp3) is 1.00. The third-order valence-corrected chi connectivity index (χ3v) is 1.19. The van der Waals surface area contributed by atoms with Crippen LogP contribution in [0.1, 0.15) is 13.3 Å². The van der Waals surface area contributed by atoms with Crippen LogP contribution in [0.4, 0.5) is 0 Å². The van der Waals surface area contributed by atoms with Gasteiger partial charge in [-0.2, -0.15) is 0 Å². The fourth-order valence-electron chi connectivity index (χ4n) is 0.623. The molecule has 4 heteroatoms. The molecule has 0 aromatic rings. The largest absolute Gasteiger partial charge is 0.393 e. The molecule has 0 saturated carbocycles. The predicted molar refractivity (Wildman–Crippen MR) is 35.3 cm³/mol. The number of methoxy groups -OCH3 is 2. The van der Waals surface area contributed by atoms with Gasteiger partial charge in [0.05, 0.1) is 12.5 Å². The van der Waals surface area contributed by atoms with E-state index in [4.69, 9.17) is 5.11 Å². The summed E-state index contributed by atoms with van der Waals surface area (Å²) in [6, 6.07) is 0. The molecule has 1 atom stereocenters. The second kappa shape index (κ2) is 3.88. The molecule has 0 rings (SSSR count). The van der Waals surface area contributed by atoms with Gasteiger partial charge < -0.3 is 19.7 Å². The molecular weight excluding hydrogens is 136 g/mol. The van der Waals surface area contributed by atoms with E-state index in [0.717, 1.165) is 0 Å². The van der Waals surface area contributed by atoms with E-state index in [9.17, 15) is 5.11 Å². The average molecular weight is 150 g/mol. The molecule has 0 radical (unpaired) electrons. The molecule has 10 heavy (non-hydrogen) atoms. The molecule has 0 amide bonds. The maximum atomic E-state index is 9.19. The summed E-state index contributed by atoms with van der Waals surface area (Å²) < 4.78 is 9.14. The van der Waals surface area contributed by atoms with Crippen LogP contribution in [-0.4, -0.2) is 36.5 Å². The van der Waals surface area contributed by atoms with Crippen LogP contribution < -0.4 is 0 Å². The first-order valence-corrected chi connectivity index (χ1v) is 3.05. The van der Waals surface area contributed by atoms with Crippen LogP contribution in [0.2, 0.25) is 0 Å². The van der Waals surface area contributed by atoms with E-state index in [1.54, 1.807) is 6.92 Å². The molecule has 0 bridgehead atoms. The van der Waals surface area contributed by atoms with Crippen molar-refractivity contribution < 1.29 is 19.7 Å². The maximum absolute atomic E-state index is 9.19. The smallest absolute Gasteiger partial charge is 0.282 e. The van der Waals surface area contributed by atoms with Gasteiger partial charge in [-0.3, -0.25) is 0 Å². The van der Waals surface area contributed by atoms with Crippen molar-refractivity contribution in [3.63, 3.8) is 0 Å². The zero-order valence-electron chi connectivity index (χ0n) is 6.50. The van der Waals surface area contributed by atoms with Gasteiger partial charge in [0, 0.05) is 14.2 Å². The topological polar surface area (TPSA) is 58.9 Å². The van der Waals surface area contributed by atoms with Crippen LogP contribution in [0.3, 0.4) is 0 Å². The number of aliphatic hydroxyl groups is 2. The molecule has 4 nitrogen and oxygen atoms in total. The van der Waals surface area contributed by atoms with Crippen LogP contribution in [0, 0.1) is 0 Å². The molecule has 0 saturated heterocycles. The lowest BCUT2D eigenvalue weighted by Crippen LogP contribution is -2.36. The Hall–Kier alpha value is -0.160. The highest BCUT2D eigenvalue weighted by molar-refractivity contribution is 4.57. The summed E-state index contributed by atoms with van der Waals surface area (Å²) in [6.45, 7) is 1.54.